The van der Waals surface area contributed by atoms with Crippen molar-refractivity contribution in [2.24, 2.45) is 5.92 Å². The predicted octanol–water partition coefficient (Wildman–Crippen LogP) is -0.104. The molecule has 0 unspecified atom stereocenters. The average molecular weight is 432 g/mol. The number of carboxylic acids is 1. The molecule has 5 rings (SSSR count). The van der Waals surface area contributed by atoms with Gasteiger partial charge in [0.1, 0.15) is 11.7 Å². The molecule has 9 nitrogen and oxygen atoms in total. The van der Waals surface area contributed by atoms with Gasteiger partial charge in [-0.1, -0.05) is 0 Å². The van der Waals surface area contributed by atoms with E-state index in [-0.39, 0.29) is 64.9 Å². The van der Waals surface area contributed by atoms with E-state index in [1.54, 1.807) is 35.5 Å². The Morgan fingerprint density at radius 3 is 2.71 bits per heavy atom. The van der Waals surface area contributed by atoms with Crippen molar-refractivity contribution < 1.29 is 24.3 Å². The van der Waals surface area contributed by atoms with Crippen LogP contribution in [0.1, 0.15) is 19.8 Å². The number of aliphatic carboxylic acids is 1. The summed E-state index contributed by atoms with van der Waals surface area (Å²) in [5.41, 5.74) is 1.60. The van der Waals surface area contributed by atoms with Gasteiger partial charge in [0.15, 0.2) is 0 Å². The number of carboxylic acid groups (broad SMARTS) is 1. The summed E-state index contributed by atoms with van der Waals surface area (Å²) in [6.45, 7) is 2.33. The van der Waals surface area contributed by atoms with Gasteiger partial charge in [-0.2, -0.15) is 0 Å². The summed E-state index contributed by atoms with van der Waals surface area (Å²) < 4.78 is 0. The van der Waals surface area contributed by atoms with E-state index in [0.717, 1.165) is 0 Å². The summed E-state index contributed by atoms with van der Waals surface area (Å²) in [6, 6.07) is 2.70. The van der Waals surface area contributed by atoms with E-state index in [9.17, 15) is 24.3 Å². The molecule has 0 spiro atoms. The number of hydrogen-bond acceptors (Lipinski definition) is 5. The molecule has 1 aromatic heterocycles. The van der Waals surface area contributed by atoms with Crippen LogP contribution in [0.2, 0.25) is 0 Å². The van der Waals surface area contributed by atoms with E-state index in [1.165, 1.54) is 16.7 Å². The summed E-state index contributed by atoms with van der Waals surface area (Å²) in [5.74, 6) is -1.95. The van der Waals surface area contributed by atoms with Crippen LogP contribution >= 0.6 is 0 Å². The summed E-state index contributed by atoms with van der Waals surface area (Å²) in [5, 5.41) is 9.82. The number of anilines is 1. The van der Waals surface area contributed by atoms with E-state index in [1.807, 2.05) is 0 Å². The Bertz CT molecular complexity index is 1050. The van der Waals surface area contributed by atoms with Crippen molar-refractivity contribution in [2.75, 3.05) is 18.0 Å². The van der Waals surface area contributed by atoms with Crippen LogP contribution in [0.3, 0.4) is 0 Å². The van der Waals surface area contributed by atoms with Gasteiger partial charge in [0.05, 0.1) is 17.9 Å². The number of β-lactam (4-membered cyclic amide) rings is 1. The van der Waals surface area contributed by atoms with Crippen molar-refractivity contribution in [1.82, 2.24) is 14.8 Å². The number of pyridine rings is 1. The molecule has 1 N–H and O–H groups in total. The summed E-state index contributed by atoms with van der Waals surface area (Å²) >= 11 is 0. The van der Waals surface area contributed by atoms with Crippen molar-refractivity contribution in [3.63, 3.8) is 0 Å². The topological polar surface area (TPSA) is 111 Å². The van der Waals surface area contributed by atoms with E-state index in [0.29, 0.717) is 42.8 Å². The van der Waals surface area contributed by atoms with Crippen LogP contribution in [0.25, 0.3) is 0 Å². The van der Waals surface area contributed by atoms with Crippen LogP contribution in [0.4, 0.5) is 5.69 Å². The fourth-order valence-corrected chi connectivity index (χ4v) is 5.14. The third-order valence-corrected chi connectivity index (χ3v) is 6.43. The second-order valence-corrected chi connectivity index (χ2v) is 8.05. The maximum atomic E-state index is 12.9. The zero-order chi connectivity index (χ0) is 21.2. The van der Waals surface area contributed by atoms with Crippen LogP contribution in [0.15, 0.2) is 47.4 Å². The van der Waals surface area contributed by atoms with Gasteiger partial charge in [0, 0.05) is 37.7 Å². The number of carbonyl (C=O) groups is 4. The molecule has 0 aromatic carbocycles. The van der Waals surface area contributed by atoms with Gasteiger partial charge in [0.25, 0.3) is 11.8 Å². The van der Waals surface area contributed by atoms with Crippen molar-refractivity contribution in [3.05, 3.63) is 47.4 Å². The quantitative estimate of drug-likeness (QED) is 0.406. The number of aromatic nitrogens is 1. The van der Waals surface area contributed by atoms with Crippen molar-refractivity contribution in [2.45, 2.75) is 31.8 Å². The molecule has 5 heterocycles. The zero-order valence-corrected chi connectivity index (χ0v) is 16.3. The van der Waals surface area contributed by atoms with Gasteiger partial charge < -0.3 is 14.9 Å². The second-order valence-electron chi connectivity index (χ2n) is 8.05. The van der Waals surface area contributed by atoms with E-state index >= 15 is 0 Å². The maximum absolute atomic E-state index is 12.9. The molecule has 0 bridgehead atoms. The first kappa shape index (κ1) is 21.7. The molecule has 156 valence electrons. The minimum atomic E-state index is -1.19. The normalized spacial score (nSPS) is 28.0. The van der Waals surface area contributed by atoms with Crippen LogP contribution in [-0.2, 0) is 19.2 Å². The number of hydrogen-bond donors (Lipinski definition) is 1. The van der Waals surface area contributed by atoms with Crippen molar-refractivity contribution in [1.29, 1.82) is 0 Å². The Balaban J connectivity index is 0.00000231. The van der Waals surface area contributed by atoms with Gasteiger partial charge in [-0.15, -0.1) is 0 Å². The van der Waals surface area contributed by atoms with Gasteiger partial charge >= 0.3 is 35.5 Å². The first-order chi connectivity index (χ1) is 14.4. The minimum absolute atomic E-state index is 0. The Kier molecular flexibility index (Phi) is 5.53. The molecule has 0 radical (unpaired) electrons. The third kappa shape index (κ3) is 3.22. The summed E-state index contributed by atoms with van der Waals surface area (Å²) in [4.78, 5) is 58.1. The Morgan fingerprint density at radius 2 is 2.06 bits per heavy atom. The fourth-order valence-electron chi connectivity index (χ4n) is 5.14. The molecule has 3 amide bonds. The number of carbonyl (C=O) groups excluding carboxylic acids is 3. The first-order valence-electron chi connectivity index (χ1n) is 9.87. The number of likely N-dealkylation sites (tertiary alicyclic amines) is 1. The van der Waals surface area contributed by atoms with Gasteiger partial charge in [-0.3, -0.25) is 24.3 Å². The number of nitrogens with zero attached hydrogens (tertiary/aromatic N) is 4. The monoisotopic (exact) mass is 432 g/mol. The Morgan fingerprint density at radius 1 is 1.29 bits per heavy atom. The van der Waals surface area contributed by atoms with Crippen LogP contribution < -0.4 is 4.90 Å². The molecule has 10 heteroatoms. The number of allylic oxidation sites excluding steroid dienone is 2. The second kappa shape index (κ2) is 7.89. The van der Waals surface area contributed by atoms with Gasteiger partial charge in [0.2, 0.25) is 5.91 Å². The molecule has 3 fully saturated rings. The van der Waals surface area contributed by atoms with Crippen LogP contribution in [-0.4, -0.2) is 98.3 Å². The third-order valence-electron chi connectivity index (χ3n) is 6.43. The number of rotatable bonds is 3. The van der Waals surface area contributed by atoms with Crippen molar-refractivity contribution >= 4 is 58.9 Å². The molecule has 0 saturated carbocycles. The van der Waals surface area contributed by atoms with E-state index in [2.05, 4.69) is 4.98 Å². The molecule has 4 aliphatic rings. The van der Waals surface area contributed by atoms with Gasteiger partial charge in [-0.25, -0.2) is 4.79 Å². The molecule has 1 aromatic rings. The summed E-state index contributed by atoms with van der Waals surface area (Å²) in [7, 11) is 0. The standard InChI is InChI=1S/C21H20N4O5.Na.H/c1-11(26)24-10-14-8-13(17(21(29)30)25-16(14)18(24)20(25)28)7-12-4-6-23(19(12)27)15-3-2-5-22-9-15;;/h2-3,5,7,9,14,16,18H,4,6,8,10H2,1H3,(H,29,30);;/b12-7+;;/t14-,16-,18+;;/m1../s1. The Labute approximate surface area is 200 Å². The van der Waals surface area contributed by atoms with E-state index < -0.39 is 12.0 Å². The molecular weight excluding hydrogens is 411 g/mol. The molecule has 31 heavy (non-hydrogen) atoms. The SMILES string of the molecule is CC(=O)N1C[C@H]2CC(/C=C3\CCN(c4cccnc4)C3=O)=C(C(=O)O)N3C(=O)[C@@H]1[C@@H]23.[NaH]. The number of amides is 3. The average Bonchev–Trinajstić information content (AvgIpc) is 3.27. The zero-order valence-electron chi connectivity index (χ0n) is 16.3. The fraction of sp³-hybridized carbons (Fsp3) is 0.381. The van der Waals surface area contributed by atoms with Gasteiger partial charge in [-0.05, 0) is 36.6 Å². The first-order valence-corrected chi connectivity index (χ1v) is 9.87. The molecule has 0 aliphatic carbocycles. The van der Waals surface area contributed by atoms with Crippen molar-refractivity contribution in [3.8, 4) is 0 Å². The van der Waals surface area contributed by atoms with Crippen LogP contribution in [0, 0.1) is 5.92 Å². The molecular formula is C21H21N4NaO5. The Hall–Kier alpha value is -2.49. The molecule has 3 atom stereocenters. The summed E-state index contributed by atoms with van der Waals surface area (Å²) in [6.07, 6.45) is 5.78. The predicted molar refractivity (Wildman–Crippen MR) is 111 cm³/mol. The van der Waals surface area contributed by atoms with E-state index in [4.69, 9.17) is 0 Å². The molecule has 3 saturated heterocycles. The molecule has 4 aliphatic heterocycles. The van der Waals surface area contributed by atoms with Crippen LogP contribution in [0.5, 0.6) is 0 Å².